The first-order chi connectivity index (χ1) is 9.10. The van der Waals surface area contributed by atoms with Gasteiger partial charge in [-0.3, -0.25) is 9.59 Å². The highest BCUT2D eigenvalue weighted by Gasteiger charge is 2.15. The monoisotopic (exact) mass is 263 g/mol. The maximum atomic E-state index is 11.4. The fourth-order valence-corrected chi connectivity index (χ4v) is 1.96. The van der Waals surface area contributed by atoms with E-state index < -0.39 is 12.0 Å². The molecule has 1 heterocycles. The van der Waals surface area contributed by atoms with Crippen LogP contribution in [0.25, 0.3) is 0 Å². The molecule has 1 aliphatic rings. The maximum absolute atomic E-state index is 11.4. The van der Waals surface area contributed by atoms with Crippen LogP contribution in [0.3, 0.4) is 0 Å². The quantitative estimate of drug-likeness (QED) is 0.588. The summed E-state index contributed by atoms with van der Waals surface area (Å²) in [4.78, 5) is 22.6. The number of anilines is 1. The zero-order chi connectivity index (χ0) is 13.8. The van der Waals surface area contributed by atoms with Crippen molar-refractivity contribution in [1.82, 2.24) is 5.32 Å². The van der Waals surface area contributed by atoms with Gasteiger partial charge < -0.3 is 21.5 Å². The Labute approximate surface area is 111 Å². The van der Waals surface area contributed by atoms with Crippen LogP contribution in [0, 0.1) is 0 Å². The largest absolute Gasteiger partial charge is 0.382 e. The second-order valence-corrected chi connectivity index (χ2v) is 4.51. The second kappa shape index (κ2) is 5.81. The summed E-state index contributed by atoms with van der Waals surface area (Å²) in [5.41, 5.74) is 8.01. The van der Waals surface area contributed by atoms with E-state index in [2.05, 4.69) is 10.6 Å². The number of aliphatic hydroxyl groups is 1. The van der Waals surface area contributed by atoms with Gasteiger partial charge in [0.15, 0.2) is 0 Å². The zero-order valence-electron chi connectivity index (χ0n) is 10.5. The van der Waals surface area contributed by atoms with Crippen LogP contribution in [0.5, 0.6) is 0 Å². The van der Waals surface area contributed by atoms with Crippen molar-refractivity contribution in [3.63, 3.8) is 0 Å². The Morgan fingerprint density at radius 3 is 3.00 bits per heavy atom. The minimum atomic E-state index is -1.17. The van der Waals surface area contributed by atoms with Crippen LogP contribution in [0.4, 0.5) is 5.69 Å². The number of carbonyl (C=O) groups is 2. The molecule has 19 heavy (non-hydrogen) atoms. The summed E-state index contributed by atoms with van der Waals surface area (Å²) in [7, 11) is 0. The van der Waals surface area contributed by atoms with Gasteiger partial charge in [-0.25, -0.2) is 0 Å². The van der Waals surface area contributed by atoms with Crippen molar-refractivity contribution in [2.75, 3.05) is 11.9 Å². The highest BCUT2D eigenvalue weighted by Crippen LogP contribution is 2.23. The third-order valence-electron chi connectivity index (χ3n) is 3.06. The molecule has 1 atom stereocenters. The second-order valence-electron chi connectivity index (χ2n) is 4.51. The summed E-state index contributed by atoms with van der Waals surface area (Å²) in [6.45, 7) is 0.235. The molecule has 0 bridgehead atoms. The first-order valence-electron chi connectivity index (χ1n) is 6.17. The number of aryl methyl sites for hydroxylation is 1. The van der Waals surface area contributed by atoms with E-state index in [0.717, 1.165) is 16.8 Å². The van der Waals surface area contributed by atoms with E-state index in [4.69, 9.17) is 5.73 Å². The summed E-state index contributed by atoms with van der Waals surface area (Å²) < 4.78 is 0. The molecule has 0 saturated carbocycles. The minimum absolute atomic E-state index is 0.0274. The summed E-state index contributed by atoms with van der Waals surface area (Å²) >= 11 is 0. The minimum Gasteiger partial charge on any atom is -0.382 e. The molecule has 0 fully saturated rings. The molecule has 6 heteroatoms. The number of carbonyl (C=O) groups excluding carboxylic acids is 2. The third kappa shape index (κ3) is 3.30. The lowest BCUT2D eigenvalue weighted by molar-refractivity contribution is -0.129. The fourth-order valence-electron chi connectivity index (χ4n) is 1.96. The lowest BCUT2D eigenvalue weighted by atomic mass is 10.0. The van der Waals surface area contributed by atoms with Crippen molar-refractivity contribution in [1.29, 1.82) is 0 Å². The van der Waals surface area contributed by atoms with E-state index in [1.54, 1.807) is 0 Å². The lowest BCUT2D eigenvalue weighted by Gasteiger charge is -2.18. The molecular weight excluding hydrogens is 246 g/mol. The molecule has 2 rings (SSSR count). The molecule has 0 radical (unpaired) electrons. The number of hydrogen-bond donors (Lipinski definition) is 4. The third-order valence-corrected chi connectivity index (χ3v) is 3.06. The number of nitrogens with two attached hydrogens (primary N) is 1. The number of benzene rings is 1. The molecule has 1 aliphatic heterocycles. The Hall–Kier alpha value is -1.92. The normalized spacial score (nSPS) is 15.4. The Morgan fingerprint density at radius 1 is 1.47 bits per heavy atom. The van der Waals surface area contributed by atoms with E-state index in [-0.39, 0.29) is 12.5 Å². The number of fused-ring (bicyclic) bond motifs is 1. The summed E-state index contributed by atoms with van der Waals surface area (Å²) in [5.74, 6) is -0.451. The molecule has 1 aromatic carbocycles. The lowest BCUT2D eigenvalue weighted by Crippen LogP contribution is -2.38. The van der Waals surface area contributed by atoms with Crippen LogP contribution in [0.1, 0.15) is 17.5 Å². The standard InChI is InChI=1S/C13H17N3O3/c14-6-11(17)13(19)15-7-8-1-3-10-9(5-8)2-4-12(18)16-10/h1,3,5,11,17H,2,4,6-7,14H2,(H,15,19)(H,16,18). The SMILES string of the molecule is NCC(O)C(=O)NCc1ccc2c(c1)CCC(=O)N2. The van der Waals surface area contributed by atoms with Gasteiger partial charge in [0.2, 0.25) is 11.8 Å². The van der Waals surface area contributed by atoms with E-state index >= 15 is 0 Å². The van der Waals surface area contributed by atoms with Crippen LogP contribution in [0.2, 0.25) is 0 Å². The molecule has 2 amide bonds. The van der Waals surface area contributed by atoms with Crippen LogP contribution in [-0.4, -0.2) is 29.6 Å². The van der Waals surface area contributed by atoms with Crippen molar-refractivity contribution in [3.8, 4) is 0 Å². The first kappa shape index (κ1) is 13.5. The van der Waals surface area contributed by atoms with E-state index in [1.165, 1.54) is 0 Å². The van der Waals surface area contributed by atoms with Crippen LogP contribution >= 0.6 is 0 Å². The van der Waals surface area contributed by atoms with Crippen LogP contribution in [0.15, 0.2) is 18.2 Å². The van der Waals surface area contributed by atoms with Crippen molar-refractivity contribution in [2.45, 2.75) is 25.5 Å². The predicted molar refractivity (Wildman–Crippen MR) is 70.3 cm³/mol. The number of nitrogens with one attached hydrogen (secondary N) is 2. The van der Waals surface area contributed by atoms with Gasteiger partial charge in [0.05, 0.1) is 0 Å². The Morgan fingerprint density at radius 2 is 2.26 bits per heavy atom. The summed E-state index contributed by atoms with van der Waals surface area (Å²) in [5, 5.41) is 14.6. The number of aliphatic hydroxyl groups excluding tert-OH is 1. The molecule has 0 saturated heterocycles. The topological polar surface area (TPSA) is 104 Å². The van der Waals surface area contributed by atoms with Gasteiger partial charge in [-0.15, -0.1) is 0 Å². The van der Waals surface area contributed by atoms with Crippen molar-refractivity contribution >= 4 is 17.5 Å². The number of amides is 2. The van der Waals surface area contributed by atoms with Gasteiger partial charge in [-0.2, -0.15) is 0 Å². The number of rotatable bonds is 4. The van der Waals surface area contributed by atoms with Crippen LogP contribution in [-0.2, 0) is 22.6 Å². The van der Waals surface area contributed by atoms with Crippen molar-refractivity contribution in [2.24, 2.45) is 5.73 Å². The van der Waals surface area contributed by atoms with E-state index in [9.17, 15) is 14.7 Å². The Balaban J connectivity index is 1.99. The highest BCUT2D eigenvalue weighted by atomic mass is 16.3. The van der Waals surface area contributed by atoms with Crippen molar-refractivity contribution < 1.29 is 14.7 Å². The van der Waals surface area contributed by atoms with Gasteiger partial charge in [-0.05, 0) is 23.6 Å². The average molecular weight is 263 g/mol. The van der Waals surface area contributed by atoms with Gasteiger partial charge in [0, 0.05) is 25.2 Å². The van der Waals surface area contributed by atoms with Crippen LogP contribution < -0.4 is 16.4 Å². The molecule has 102 valence electrons. The summed E-state index contributed by atoms with van der Waals surface area (Å²) in [6, 6.07) is 5.61. The molecule has 0 aliphatic carbocycles. The van der Waals surface area contributed by atoms with Gasteiger partial charge >= 0.3 is 0 Å². The van der Waals surface area contributed by atoms with E-state index in [0.29, 0.717) is 19.4 Å². The molecule has 1 unspecified atom stereocenters. The molecule has 0 spiro atoms. The number of hydrogen-bond acceptors (Lipinski definition) is 4. The van der Waals surface area contributed by atoms with Gasteiger partial charge in [-0.1, -0.05) is 12.1 Å². The van der Waals surface area contributed by atoms with E-state index in [1.807, 2.05) is 18.2 Å². The molecule has 5 N–H and O–H groups in total. The fraction of sp³-hybridized carbons (Fsp3) is 0.385. The summed E-state index contributed by atoms with van der Waals surface area (Å²) in [6.07, 6.45) is 0.0141. The Kier molecular flexibility index (Phi) is 4.13. The zero-order valence-corrected chi connectivity index (χ0v) is 10.5. The average Bonchev–Trinajstić information content (AvgIpc) is 2.43. The van der Waals surface area contributed by atoms with Gasteiger partial charge in [0.25, 0.3) is 0 Å². The maximum Gasteiger partial charge on any atom is 0.250 e. The smallest absolute Gasteiger partial charge is 0.250 e. The molecular formula is C13H17N3O3. The predicted octanol–water partition coefficient (Wildman–Crippen LogP) is -0.493. The Bertz CT molecular complexity index is 502. The molecule has 1 aromatic rings. The molecule has 6 nitrogen and oxygen atoms in total. The first-order valence-corrected chi connectivity index (χ1v) is 6.17. The molecule has 0 aromatic heterocycles. The van der Waals surface area contributed by atoms with Gasteiger partial charge in [0.1, 0.15) is 6.10 Å². The van der Waals surface area contributed by atoms with Crippen molar-refractivity contribution in [3.05, 3.63) is 29.3 Å². The highest BCUT2D eigenvalue weighted by molar-refractivity contribution is 5.93.